The molecule has 2 aromatic rings. The van der Waals surface area contributed by atoms with Gasteiger partial charge in [-0.15, -0.1) is 0 Å². The van der Waals surface area contributed by atoms with E-state index in [2.05, 4.69) is 43.0 Å². The highest BCUT2D eigenvalue weighted by molar-refractivity contribution is 5.70. The topological polar surface area (TPSA) is 59.0 Å². The monoisotopic (exact) mass is 397 g/mol. The molecule has 5 nitrogen and oxygen atoms in total. The number of carbonyl (C=O) groups is 1. The van der Waals surface area contributed by atoms with E-state index in [0.717, 1.165) is 30.5 Å². The highest BCUT2D eigenvalue weighted by Crippen LogP contribution is 2.37. The number of hydrogen-bond acceptors (Lipinski definition) is 4. The van der Waals surface area contributed by atoms with Crippen molar-refractivity contribution < 1.29 is 19.4 Å². The Morgan fingerprint density at radius 1 is 1.00 bits per heavy atom. The molecular weight excluding hydrogens is 366 g/mol. The normalized spacial score (nSPS) is 18.4. The summed E-state index contributed by atoms with van der Waals surface area (Å²) in [5, 5.41) is 9.56. The third kappa shape index (κ3) is 4.73. The van der Waals surface area contributed by atoms with Gasteiger partial charge in [0.15, 0.2) is 11.5 Å². The number of benzene rings is 2. The predicted octanol–water partition coefficient (Wildman–Crippen LogP) is 4.71. The van der Waals surface area contributed by atoms with Crippen LogP contribution in [0.1, 0.15) is 55.3 Å². The van der Waals surface area contributed by atoms with Crippen molar-refractivity contribution in [2.75, 3.05) is 27.3 Å². The molecular formula is C24H31NO4. The first-order chi connectivity index (χ1) is 13.9. The molecule has 3 rings (SSSR count). The Bertz CT molecular complexity index is 831. The van der Waals surface area contributed by atoms with Crippen LogP contribution in [-0.4, -0.2) is 43.3 Å². The maximum atomic E-state index is 11.6. The van der Waals surface area contributed by atoms with E-state index in [0.29, 0.717) is 24.0 Å². The molecule has 156 valence electrons. The van der Waals surface area contributed by atoms with Crippen molar-refractivity contribution in [3.05, 3.63) is 59.2 Å². The van der Waals surface area contributed by atoms with Gasteiger partial charge in [0, 0.05) is 6.54 Å². The van der Waals surface area contributed by atoms with E-state index < -0.39 is 5.97 Å². The molecule has 5 heteroatoms. The molecule has 29 heavy (non-hydrogen) atoms. The maximum absolute atomic E-state index is 11.6. The lowest BCUT2D eigenvalue weighted by Crippen LogP contribution is -2.41. The lowest BCUT2D eigenvalue weighted by Gasteiger charge is -2.38. The third-order valence-corrected chi connectivity index (χ3v) is 5.81. The van der Waals surface area contributed by atoms with Crippen molar-refractivity contribution >= 4 is 5.97 Å². The zero-order valence-corrected chi connectivity index (χ0v) is 17.7. The standard InChI is InChI=1S/C24H31NO4/c1-16(2)17-7-9-18(10-8-17)23(25-13-5-6-20(15-25)24(26)27)19-11-12-21(28-3)22(14-19)29-4/h7-12,14,16,20,23H,5-6,13,15H2,1-4H3,(H,26,27). The summed E-state index contributed by atoms with van der Waals surface area (Å²) in [6, 6.07) is 14.6. The number of piperidine rings is 1. The highest BCUT2D eigenvalue weighted by Gasteiger charge is 2.31. The molecule has 0 aliphatic carbocycles. The quantitative estimate of drug-likeness (QED) is 0.733. The van der Waals surface area contributed by atoms with E-state index in [-0.39, 0.29) is 12.0 Å². The summed E-state index contributed by atoms with van der Waals surface area (Å²) >= 11 is 0. The van der Waals surface area contributed by atoms with Crippen molar-refractivity contribution in [1.82, 2.24) is 4.90 Å². The minimum Gasteiger partial charge on any atom is -0.493 e. The van der Waals surface area contributed by atoms with Crippen LogP contribution >= 0.6 is 0 Å². The fraction of sp³-hybridized carbons (Fsp3) is 0.458. The van der Waals surface area contributed by atoms with Crippen molar-refractivity contribution in [2.45, 2.75) is 38.6 Å². The minimum atomic E-state index is -0.712. The first-order valence-electron chi connectivity index (χ1n) is 10.2. The third-order valence-electron chi connectivity index (χ3n) is 5.81. The zero-order valence-electron chi connectivity index (χ0n) is 17.7. The molecule has 0 bridgehead atoms. The second-order valence-electron chi connectivity index (χ2n) is 8.01. The molecule has 0 radical (unpaired) electrons. The molecule has 1 N–H and O–H groups in total. The number of aliphatic carboxylic acids is 1. The van der Waals surface area contributed by atoms with Crippen LogP contribution in [0.3, 0.4) is 0 Å². The number of ether oxygens (including phenoxy) is 2. The van der Waals surface area contributed by atoms with Crippen LogP contribution in [0.25, 0.3) is 0 Å². The number of methoxy groups -OCH3 is 2. The first kappa shape index (κ1) is 21.2. The number of hydrogen-bond donors (Lipinski definition) is 1. The lowest BCUT2D eigenvalue weighted by atomic mass is 9.90. The lowest BCUT2D eigenvalue weighted by molar-refractivity contribution is -0.143. The summed E-state index contributed by atoms with van der Waals surface area (Å²) in [4.78, 5) is 13.9. The number of nitrogens with zero attached hydrogens (tertiary/aromatic N) is 1. The minimum absolute atomic E-state index is 0.0295. The molecule has 0 aromatic heterocycles. The van der Waals surface area contributed by atoms with E-state index in [1.807, 2.05) is 18.2 Å². The fourth-order valence-corrected chi connectivity index (χ4v) is 4.14. The number of likely N-dealkylation sites (tertiary alicyclic amines) is 1. The van der Waals surface area contributed by atoms with Crippen LogP contribution in [-0.2, 0) is 4.79 Å². The van der Waals surface area contributed by atoms with E-state index in [9.17, 15) is 9.90 Å². The van der Waals surface area contributed by atoms with E-state index in [1.54, 1.807) is 14.2 Å². The van der Waals surface area contributed by atoms with Crippen LogP contribution in [0.5, 0.6) is 11.5 Å². The Balaban J connectivity index is 2.02. The van der Waals surface area contributed by atoms with Crippen LogP contribution in [0.4, 0.5) is 0 Å². The number of carboxylic acid groups (broad SMARTS) is 1. The fourth-order valence-electron chi connectivity index (χ4n) is 4.14. The molecule has 2 atom stereocenters. The van der Waals surface area contributed by atoms with Gasteiger partial charge in [0.25, 0.3) is 0 Å². The molecule has 2 unspecified atom stereocenters. The van der Waals surface area contributed by atoms with E-state index in [4.69, 9.17) is 9.47 Å². The highest BCUT2D eigenvalue weighted by atomic mass is 16.5. The van der Waals surface area contributed by atoms with Crippen molar-refractivity contribution in [3.63, 3.8) is 0 Å². The summed E-state index contributed by atoms with van der Waals surface area (Å²) in [6.07, 6.45) is 1.61. The van der Waals surface area contributed by atoms with Crippen molar-refractivity contribution in [3.8, 4) is 11.5 Å². The molecule has 1 aliphatic rings. The van der Waals surface area contributed by atoms with Gasteiger partial charge in [0.2, 0.25) is 0 Å². The molecule has 1 heterocycles. The van der Waals surface area contributed by atoms with Gasteiger partial charge in [-0.05, 0) is 54.1 Å². The summed E-state index contributed by atoms with van der Waals surface area (Å²) < 4.78 is 10.9. The molecule has 1 aliphatic heterocycles. The Kier molecular flexibility index (Phi) is 6.80. The van der Waals surface area contributed by atoms with Crippen molar-refractivity contribution in [1.29, 1.82) is 0 Å². The summed E-state index contributed by atoms with van der Waals surface area (Å²) in [7, 11) is 3.26. The van der Waals surface area contributed by atoms with Gasteiger partial charge in [0.1, 0.15) is 0 Å². The SMILES string of the molecule is COc1ccc(C(c2ccc(C(C)C)cc2)N2CCCC(C(=O)O)C2)cc1OC. The maximum Gasteiger partial charge on any atom is 0.307 e. The average molecular weight is 398 g/mol. The Hall–Kier alpha value is -2.53. The summed E-state index contributed by atoms with van der Waals surface area (Å²) in [5.74, 6) is 0.792. The number of rotatable bonds is 7. The molecule has 0 spiro atoms. The Labute approximate surface area is 173 Å². The summed E-state index contributed by atoms with van der Waals surface area (Å²) in [6.45, 7) is 5.78. The van der Waals surface area contributed by atoms with Gasteiger partial charge in [-0.25, -0.2) is 0 Å². The molecule has 1 fully saturated rings. The second-order valence-corrected chi connectivity index (χ2v) is 8.01. The van der Waals surface area contributed by atoms with Gasteiger partial charge in [0.05, 0.1) is 26.2 Å². The smallest absolute Gasteiger partial charge is 0.307 e. The zero-order chi connectivity index (χ0) is 21.0. The van der Waals surface area contributed by atoms with Gasteiger partial charge in [-0.1, -0.05) is 44.2 Å². The summed E-state index contributed by atoms with van der Waals surface area (Å²) in [5.41, 5.74) is 3.53. The van der Waals surface area contributed by atoms with E-state index >= 15 is 0 Å². The van der Waals surface area contributed by atoms with Gasteiger partial charge >= 0.3 is 5.97 Å². The van der Waals surface area contributed by atoms with Crippen LogP contribution < -0.4 is 9.47 Å². The second kappa shape index (κ2) is 9.31. The van der Waals surface area contributed by atoms with Crippen LogP contribution in [0.2, 0.25) is 0 Å². The predicted molar refractivity (Wildman–Crippen MR) is 114 cm³/mol. The average Bonchev–Trinajstić information content (AvgIpc) is 2.74. The van der Waals surface area contributed by atoms with Gasteiger partial charge in [-0.3, -0.25) is 9.69 Å². The largest absolute Gasteiger partial charge is 0.493 e. The number of carboxylic acids is 1. The van der Waals surface area contributed by atoms with Crippen LogP contribution in [0, 0.1) is 5.92 Å². The molecule has 0 amide bonds. The Morgan fingerprint density at radius 3 is 2.21 bits per heavy atom. The molecule has 0 saturated carbocycles. The van der Waals surface area contributed by atoms with E-state index in [1.165, 1.54) is 5.56 Å². The first-order valence-corrected chi connectivity index (χ1v) is 10.2. The van der Waals surface area contributed by atoms with Gasteiger partial charge < -0.3 is 14.6 Å². The van der Waals surface area contributed by atoms with Gasteiger partial charge in [-0.2, -0.15) is 0 Å². The Morgan fingerprint density at radius 2 is 1.62 bits per heavy atom. The molecule has 2 aromatic carbocycles. The molecule has 1 saturated heterocycles. The van der Waals surface area contributed by atoms with Crippen molar-refractivity contribution in [2.24, 2.45) is 5.92 Å². The van der Waals surface area contributed by atoms with Crippen LogP contribution in [0.15, 0.2) is 42.5 Å².